The Labute approximate surface area is 96.8 Å². The Morgan fingerprint density at radius 3 is 2.88 bits per heavy atom. The first-order chi connectivity index (χ1) is 7.50. The molecule has 1 rings (SSSR count). The van der Waals surface area contributed by atoms with Gasteiger partial charge in [0.15, 0.2) is 5.16 Å². The zero-order valence-electron chi connectivity index (χ0n) is 8.84. The summed E-state index contributed by atoms with van der Waals surface area (Å²) in [6, 6.07) is 0. The van der Waals surface area contributed by atoms with Crippen LogP contribution in [0.25, 0.3) is 0 Å². The predicted molar refractivity (Wildman–Crippen MR) is 59.1 cm³/mol. The monoisotopic (exact) mass is 243 g/mol. The molecule has 0 aliphatic carbocycles. The molecular weight excluding hydrogens is 230 g/mol. The molecule has 0 radical (unpaired) electrons. The highest BCUT2D eigenvalue weighted by Crippen LogP contribution is 2.18. The molecule has 1 aromatic rings. The minimum absolute atomic E-state index is 0.0486. The first-order valence-electron chi connectivity index (χ1n) is 4.65. The molecule has 0 aliphatic heterocycles. The highest BCUT2D eigenvalue weighted by atomic mass is 32.2. The lowest BCUT2D eigenvalue weighted by Crippen LogP contribution is -2.15. The van der Waals surface area contributed by atoms with Gasteiger partial charge in [0.05, 0.1) is 5.75 Å². The van der Waals surface area contributed by atoms with Crippen molar-refractivity contribution in [3.63, 3.8) is 0 Å². The molecule has 0 saturated carbocycles. The summed E-state index contributed by atoms with van der Waals surface area (Å²) in [6.45, 7) is 2.28. The highest BCUT2D eigenvalue weighted by Gasteiger charge is 2.10. The molecule has 0 aliphatic rings. The predicted octanol–water partition coefficient (Wildman–Crippen LogP) is 0.244. The molecule has 0 saturated heterocycles. The minimum atomic E-state index is -0.896. The maximum Gasteiger partial charge on any atom is 0.313 e. The van der Waals surface area contributed by atoms with E-state index in [1.165, 1.54) is 0 Å². The van der Waals surface area contributed by atoms with E-state index in [0.29, 0.717) is 11.7 Å². The number of aliphatic carboxylic acids is 1. The van der Waals surface area contributed by atoms with Crippen molar-refractivity contribution in [1.82, 2.24) is 9.55 Å². The average molecular weight is 243 g/mol. The maximum atomic E-state index is 10.7. The number of carboxylic acids is 1. The maximum absolute atomic E-state index is 10.7. The summed E-state index contributed by atoms with van der Waals surface area (Å²) in [7, 11) is 0. The molecular formula is C9H13N3O3S. The van der Waals surface area contributed by atoms with Crippen molar-refractivity contribution in [2.75, 3.05) is 5.75 Å². The molecule has 6 nitrogen and oxygen atoms in total. The quantitative estimate of drug-likeness (QED) is 0.697. The van der Waals surface area contributed by atoms with E-state index >= 15 is 0 Å². The number of nitrogens with zero attached hydrogens (tertiary/aromatic N) is 2. The van der Waals surface area contributed by atoms with Gasteiger partial charge in [-0.1, -0.05) is 11.8 Å². The van der Waals surface area contributed by atoms with Gasteiger partial charge in [0.2, 0.25) is 5.91 Å². The topological polar surface area (TPSA) is 98.2 Å². The van der Waals surface area contributed by atoms with Gasteiger partial charge in [0.1, 0.15) is 0 Å². The molecule has 0 atom stereocenters. The zero-order chi connectivity index (χ0) is 12.1. The van der Waals surface area contributed by atoms with Crippen LogP contribution < -0.4 is 5.73 Å². The fraction of sp³-hybridized carbons (Fsp3) is 0.444. The van der Waals surface area contributed by atoms with Gasteiger partial charge in [0.25, 0.3) is 0 Å². The standard InChI is InChI=1S/C9H13N3O3S/c1-6-4-11-9(16-5-8(14)15)12(6)3-2-7(10)13/h4H,2-3,5H2,1H3,(H2,10,13)(H,14,15). The lowest BCUT2D eigenvalue weighted by molar-refractivity contribution is -0.134. The summed E-state index contributed by atoms with van der Waals surface area (Å²) in [4.78, 5) is 25.2. The van der Waals surface area contributed by atoms with Crippen LogP contribution in [0, 0.1) is 6.92 Å². The molecule has 0 aromatic carbocycles. The molecule has 3 N–H and O–H groups in total. The molecule has 1 amide bonds. The van der Waals surface area contributed by atoms with E-state index < -0.39 is 5.97 Å². The number of amides is 1. The third-order valence-corrected chi connectivity index (χ3v) is 2.90. The largest absolute Gasteiger partial charge is 0.481 e. The fourth-order valence-electron chi connectivity index (χ4n) is 1.17. The Bertz CT molecular complexity index is 403. The molecule has 1 aromatic heterocycles. The number of imidazole rings is 1. The van der Waals surface area contributed by atoms with Crippen LogP contribution in [0.4, 0.5) is 0 Å². The summed E-state index contributed by atoms with van der Waals surface area (Å²) < 4.78 is 1.79. The number of hydrogen-bond donors (Lipinski definition) is 2. The highest BCUT2D eigenvalue weighted by molar-refractivity contribution is 7.99. The van der Waals surface area contributed by atoms with Crippen LogP contribution in [0.3, 0.4) is 0 Å². The molecule has 0 spiro atoms. The van der Waals surface area contributed by atoms with E-state index in [9.17, 15) is 9.59 Å². The molecule has 7 heteroatoms. The van der Waals surface area contributed by atoms with Gasteiger partial charge in [0, 0.05) is 24.9 Å². The van der Waals surface area contributed by atoms with Crippen molar-refractivity contribution in [2.45, 2.75) is 25.0 Å². The third-order valence-electron chi connectivity index (χ3n) is 1.93. The molecule has 0 fully saturated rings. The van der Waals surface area contributed by atoms with Crippen LogP contribution in [0.1, 0.15) is 12.1 Å². The van der Waals surface area contributed by atoms with E-state index in [0.717, 1.165) is 17.5 Å². The van der Waals surface area contributed by atoms with E-state index in [4.69, 9.17) is 10.8 Å². The minimum Gasteiger partial charge on any atom is -0.481 e. The second-order valence-corrected chi connectivity index (χ2v) is 4.18. The van der Waals surface area contributed by atoms with Gasteiger partial charge in [-0.25, -0.2) is 4.98 Å². The number of aryl methyl sites for hydroxylation is 1. The summed E-state index contributed by atoms with van der Waals surface area (Å²) in [5.41, 5.74) is 5.94. The number of primary amides is 1. The van der Waals surface area contributed by atoms with Crippen LogP contribution in [0.5, 0.6) is 0 Å². The van der Waals surface area contributed by atoms with Gasteiger partial charge >= 0.3 is 5.97 Å². The molecule has 1 heterocycles. The van der Waals surface area contributed by atoms with Crippen molar-refractivity contribution in [3.8, 4) is 0 Å². The Kier molecular flexibility index (Phi) is 4.36. The smallest absolute Gasteiger partial charge is 0.313 e. The third kappa shape index (κ3) is 3.58. The van der Waals surface area contributed by atoms with Crippen molar-refractivity contribution >= 4 is 23.6 Å². The van der Waals surface area contributed by atoms with Crippen LogP contribution in [0.2, 0.25) is 0 Å². The van der Waals surface area contributed by atoms with Gasteiger partial charge < -0.3 is 15.4 Å². The van der Waals surface area contributed by atoms with E-state index in [2.05, 4.69) is 4.98 Å². The Morgan fingerprint density at radius 2 is 2.31 bits per heavy atom. The Hall–Kier alpha value is -1.50. The van der Waals surface area contributed by atoms with E-state index in [1.54, 1.807) is 10.8 Å². The van der Waals surface area contributed by atoms with E-state index in [1.807, 2.05) is 6.92 Å². The lowest BCUT2D eigenvalue weighted by atomic mass is 10.4. The van der Waals surface area contributed by atoms with Gasteiger partial charge in [-0.3, -0.25) is 9.59 Å². The SMILES string of the molecule is Cc1cnc(SCC(=O)O)n1CCC(N)=O. The Balaban J connectivity index is 2.69. The fourth-order valence-corrected chi connectivity index (χ4v) is 1.95. The van der Waals surface area contributed by atoms with E-state index in [-0.39, 0.29) is 18.1 Å². The number of nitrogens with two attached hydrogens (primary N) is 1. The Morgan fingerprint density at radius 1 is 1.62 bits per heavy atom. The van der Waals surface area contributed by atoms with Crippen LogP contribution >= 0.6 is 11.8 Å². The second kappa shape index (κ2) is 5.55. The van der Waals surface area contributed by atoms with Crippen LogP contribution in [0.15, 0.2) is 11.4 Å². The van der Waals surface area contributed by atoms with Crippen molar-refractivity contribution in [1.29, 1.82) is 0 Å². The zero-order valence-corrected chi connectivity index (χ0v) is 9.66. The molecule has 16 heavy (non-hydrogen) atoms. The molecule has 88 valence electrons. The van der Waals surface area contributed by atoms with Gasteiger partial charge in [-0.2, -0.15) is 0 Å². The van der Waals surface area contributed by atoms with Crippen molar-refractivity contribution in [2.24, 2.45) is 5.73 Å². The molecule has 0 unspecified atom stereocenters. The summed E-state index contributed by atoms with van der Waals surface area (Å²) in [5, 5.41) is 9.16. The first kappa shape index (κ1) is 12.6. The van der Waals surface area contributed by atoms with Gasteiger partial charge in [-0.05, 0) is 6.92 Å². The number of thioether (sulfide) groups is 1. The first-order valence-corrected chi connectivity index (χ1v) is 5.64. The average Bonchev–Trinajstić information content (AvgIpc) is 2.53. The number of hydrogen-bond acceptors (Lipinski definition) is 4. The normalized spacial score (nSPS) is 10.3. The number of carbonyl (C=O) groups is 2. The van der Waals surface area contributed by atoms with Crippen LogP contribution in [-0.2, 0) is 16.1 Å². The van der Waals surface area contributed by atoms with Crippen LogP contribution in [-0.4, -0.2) is 32.3 Å². The number of rotatable bonds is 6. The van der Waals surface area contributed by atoms with Gasteiger partial charge in [-0.15, -0.1) is 0 Å². The summed E-state index contributed by atoms with van der Waals surface area (Å²) >= 11 is 1.13. The number of aromatic nitrogens is 2. The lowest BCUT2D eigenvalue weighted by Gasteiger charge is -2.07. The summed E-state index contributed by atoms with van der Waals surface area (Å²) in [5.74, 6) is -1.33. The second-order valence-electron chi connectivity index (χ2n) is 3.23. The molecule has 0 bridgehead atoms. The summed E-state index contributed by atoms with van der Waals surface area (Å²) in [6.07, 6.45) is 1.86. The van der Waals surface area contributed by atoms with Crippen molar-refractivity contribution in [3.05, 3.63) is 11.9 Å². The number of carboxylic acid groups (broad SMARTS) is 1. The number of carbonyl (C=O) groups excluding carboxylic acids is 1. The van der Waals surface area contributed by atoms with Crippen molar-refractivity contribution < 1.29 is 14.7 Å².